The van der Waals surface area contributed by atoms with E-state index in [1.54, 1.807) is 13.8 Å². The Morgan fingerprint density at radius 3 is 2.86 bits per heavy atom. The number of carbonyl (C=O) groups is 1. The van der Waals surface area contributed by atoms with Crippen LogP contribution in [0, 0.1) is 0 Å². The lowest BCUT2D eigenvalue weighted by Gasteiger charge is -2.16. The summed E-state index contributed by atoms with van der Waals surface area (Å²) < 4.78 is 18.5. The van der Waals surface area contributed by atoms with Gasteiger partial charge in [0, 0.05) is 0 Å². The Morgan fingerprint density at radius 2 is 2.27 bits per heavy atom. The maximum atomic E-state index is 12.1. The number of fused-ring (bicyclic) bond motifs is 1. The molecule has 3 N–H and O–H groups in total. The van der Waals surface area contributed by atoms with Gasteiger partial charge < -0.3 is 15.2 Å². The van der Waals surface area contributed by atoms with Crippen molar-refractivity contribution in [3.05, 3.63) is 22.5 Å². The Labute approximate surface area is 124 Å². The molecule has 11 nitrogen and oxygen atoms in total. The Hall–Kier alpha value is -2.10. The Morgan fingerprint density at radius 1 is 1.59 bits per heavy atom. The van der Waals surface area contributed by atoms with Crippen LogP contribution in [0.2, 0.25) is 0 Å². The smallest absolute Gasteiger partial charge is 0.353 e. The van der Waals surface area contributed by atoms with E-state index >= 15 is 0 Å². The number of carbonyl (C=O) groups excluding carboxylic acids is 1. The fourth-order valence-electron chi connectivity index (χ4n) is 1.66. The number of hydrogen-bond donors (Lipinski definition) is 2. The first-order valence-electron chi connectivity index (χ1n) is 6.36. The van der Waals surface area contributed by atoms with Gasteiger partial charge in [-0.15, -0.1) is 5.10 Å². The van der Waals surface area contributed by atoms with Gasteiger partial charge in [0.1, 0.15) is 12.6 Å². The first kappa shape index (κ1) is 16.3. The minimum Gasteiger partial charge on any atom is -0.364 e. The van der Waals surface area contributed by atoms with Crippen LogP contribution in [0.1, 0.15) is 30.8 Å². The number of primary amides is 1. The van der Waals surface area contributed by atoms with Gasteiger partial charge in [0.15, 0.2) is 11.3 Å². The van der Waals surface area contributed by atoms with Crippen molar-refractivity contribution in [1.29, 1.82) is 0 Å². The molecule has 12 heteroatoms. The lowest BCUT2D eigenvalue weighted by molar-refractivity contribution is 0.0997. The van der Waals surface area contributed by atoms with Crippen molar-refractivity contribution >= 4 is 19.2 Å². The molecule has 0 fully saturated rings. The first-order chi connectivity index (χ1) is 10.2. The number of imidazole rings is 1. The van der Waals surface area contributed by atoms with Crippen molar-refractivity contribution in [2.75, 3.05) is 0 Å². The third-order valence-electron chi connectivity index (χ3n) is 2.88. The summed E-state index contributed by atoms with van der Waals surface area (Å²) >= 11 is 0. The molecule has 22 heavy (non-hydrogen) atoms. The monoisotopic (exact) mass is 330 g/mol. The normalized spacial score (nSPS) is 15.6. The van der Waals surface area contributed by atoms with Crippen molar-refractivity contribution in [2.45, 2.75) is 32.7 Å². The van der Waals surface area contributed by atoms with E-state index in [1.807, 2.05) is 0 Å². The van der Waals surface area contributed by atoms with Crippen LogP contribution in [0.3, 0.4) is 0 Å². The summed E-state index contributed by atoms with van der Waals surface area (Å²) in [6, 6.07) is 0. The number of nitrogens with two attached hydrogens (primary N) is 1. The Kier molecular flexibility index (Phi) is 4.40. The fraction of sp³-hybridized carbons (Fsp3) is 0.500. The number of rotatable bonds is 6. The molecular formula is C10H15N6O5P. The second kappa shape index (κ2) is 5.95. The highest BCUT2D eigenvalue weighted by atomic mass is 31.2. The number of aromatic nitrogens is 5. The average molecular weight is 330 g/mol. The maximum Gasteiger partial charge on any atom is 0.353 e. The largest absolute Gasteiger partial charge is 0.364 e. The van der Waals surface area contributed by atoms with E-state index in [4.69, 9.17) is 10.3 Å². The standard InChI is InChI=1S/C10H15N6O5P/c1-3-6(2)21-22(19,20)5-16-10(18)15-4-12-7(8(11)17)9(15)13-14-16/h4,6H,3,5H2,1-2H3,(H2,11,17)(H,19,20). The van der Waals surface area contributed by atoms with Crippen LogP contribution in [0.25, 0.3) is 5.65 Å². The molecule has 0 spiro atoms. The summed E-state index contributed by atoms with van der Waals surface area (Å²) in [4.78, 5) is 36.7. The summed E-state index contributed by atoms with van der Waals surface area (Å²) in [6.07, 6.45) is 0.468. The zero-order valence-corrected chi connectivity index (χ0v) is 12.8. The van der Waals surface area contributed by atoms with Crippen LogP contribution in [0.5, 0.6) is 0 Å². The molecule has 2 atom stereocenters. The van der Waals surface area contributed by atoms with E-state index in [0.29, 0.717) is 11.1 Å². The minimum atomic E-state index is -4.07. The Balaban J connectivity index is 2.38. The predicted octanol–water partition coefficient (Wildman–Crippen LogP) is -0.657. The molecule has 2 aromatic rings. The molecule has 2 unspecified atom stereocenters. The molecule has 0 bridgehead atoms. The average Bonchev–Trinajstić information content (AvgIpc) is 2.86. The van der Waals surface area contributed by atoms with Crippen molar-refractivity contribution in [3.63, 3.8) is 0 Å². The van der Waals surface area contributed by atoms with Crippen LogP contribution in [-0.2, 0) is 15.4 Å². The van der Waals surface area contributed by atoms with Crippen LogP contribution < -0.4 is 11.4 Å². The van der Waals surface area contributed by atoms with Gasteiger partial charge in [0.05, 0.1) is 6.10 Å². The molecule has 0 saturated carbocycles. The second-order valence-corrected chi connectivity index (χ2v) is 6.39. The van der Waals surface area contributed by atoms with Gasteiger partial charge in [0.2, 0.25) is 0 Å². The molecule has 0 aliphatic heterocycles. The van der Waals surface area contributed by atoms with Gasteiger partial charge in [-0.05, 0) is 13.3 Å². The molecule has 0 aliphatic carbocycles. The predicted molar refractivity (Wildman–Crippen MR) is 74.2 cm³/mol. The molecule has 2 heterocycles. The topological polar surface area (TPSA) is 155 Å². The molecule has 120 valence electrons. The van der Waals surface area contributed by atoms with Crippen molar-refractivity contribution in [2.24, 2.45) is 5.73 Å². The number of nitrogens with zero attached hydrogens (tertiary/aromatic N) is 5. The lowest BCUT2D eigenvalue weighted by atomic mass is 10.3. The first-order valence-corrected chi connectivity index (χ1v) is 8.12. The maximum absolute atomic E-state index is 12.1. The van der Waals surface area contributed by atoms with Crippen LogP contribution in [0.15, 0.2) is 11.1 Å². The van der Waals surface area contributed by atoms with Gasteiger partial charge in [-0.1, -0.05) is 12.1 Å². The van der Waals surface area contributed by atoms with E-state index in [0.717, 1.165) is 10.7 Å². The van der Waals surface area contributed by atoms with Gasteiger partial charge in [-0.2, -0.15) is 4.68 Å². The summed E-state index contributed by atoms with van der Waals surface area (Å²) in [7, 11) is -4.07. The van der Waals surface area contributed by atoms with Gasteiger partial charge >= 0.3 is 13.3 Å². The molecule has 0 radical (unpaired) electrons. The SMILES string of the molecule is CCC(C)OP(=O)(O)Cn1nnc2c(C(N)=O)ncn2c1=O. The van der Waals surface area contributed by atoms with E-state index in [-0.39, 0.29) is 11.3 Å². The molecule has 2 aromatic heterocycles. The third-order valence-corrected chi connectivity index (χ3v) is 4.20. The van der Waals surface area contributed by atoms with Crippen LogP contribution in [0.4, 0.5) is 0 Å². The van der Waals surface area contributed by atoms with E-state index in [1.165, 1.54) is 0 Å². The summed E-state index contributed by atoms with van der Waals surface area (Å²) in [5, 5.41) is 7.14. The minimum absolute atomic E-state index is 0.121. The van der Waals surface area contributed by atoms with E-state index in [9.17, 15) is 19.0 Å². The lowest BCUT2D eigenvalue weighted by Crippen LogP contribution is -2.30. The molecule has 0 aromatic carbocycles. The molecule has 1 amide bonds. The van der Waals surface area contributed by atoms with Gasteiger partial charge in [-0.25, -0.2) is 14.2 Å². The van der Waals surface area contributed by atoms with Crippen molar-refractivity contribution in [3.8, 4) is 0 Å². The molecule has 0 saturated heterocycles. The highest BCUT2D eigenvalue weighted by Gasteiger charge is 2.25. The molecule has 0 aliphatic rings. The van der Waals surface area contributed by atoms with E-state index < -0.39 is 31.6 Å². The molecular weight excluding hydrogens is 315 g/mol. The van der Waals surface area contributed by atoms with E-state index in [2.05, 4.69) is 15.3 Å². The number of amides is 1. The van der Waals surface area contributed by atoms with Crippen LogP contribution in [-0.4, -0.2) is 41.3 Å². The third kappa shape index (κ3) is 3.21. The van der Waals surface area contributed by atoms with Gasteiger partial charge in [0.25, 0.3) is 5.91 Å². The summed E-state index contributed by atoms with van der Waals surface area (Å²) in [5.41, 5.74) is 3.97. The quantitative estimate of drug-likeness (QED) is 0.661. The van der Waals surface area contributed by atoms with Crippen molar-refractivity contribution < 1.29 is 18.8 Å². The second-order valence-electron chi connectivity index (χ2n) is 4.63. The fourth-order valence-corrected chi connectivity index (χ4v) is 2.95. The van der Waals surface area contributed by atoms with Crippen molar-refractivity contribution in [1.82, 2.24) is 24.4 Å². The van der Waals surface area contributed by atoms with Crippen LogP contribution >= 0.6 is 7.60 Å². The summed E-state index contributed by atoms with van der Waals surface area (Å²) in [6.45, 7) is 3.43. The number of hydrogen-bond acceptors (Lipinski definition) is 7. The summed E-state index contributed by atoms with van der Waals surface area (Å²) in [5.74, 6) is -0.859. The molecule has 2 rings (SSSR count). The zero-order valence-electron chi connectivity index (χ0n) is 11.9. The highest BCUT2D eigenvalue weighted by Crippen LogP contribution is 2.44. The zero-order chi connectivity index (χ0) is 16.5. The Bertz CT molecular complexity index is 814. The van der Waals surface area contributed by atoms with Gasteiger partial charge in [-0.3, -0.25) is 9.36 Å². The highest BCUT2D eigenvalue weighted by molar-refractivity contribution is 7.51.